The fraction of sp³-hybridized carbons (Fsp3) is 0.542. The Bertz CT molecular complexity index is 2300. The Morgan fingerprint density at radius 2 is 1.20 bits per heavy atom. The van der Waals surface area contributed by atoms with E-state index in [1.165, 1.54) is 19.5 Å². The summed E-state index contributed by atoms with van der Waals surface area (Å²) in [6.45, 7) is 9.66. The third kappa shape index (κ3) is 7.56. The fourth-order valence-corrected chi connectivity index (χ4v) is 10.3. The van der Waals surface area contributed by atoms with Gasteiger partial charge in [-0.25, -0.2) is 20.1 Å². The molecular formula is C48H59N8O8+. The number of methoxy groups -OCH3 is 2. The summed E-state index contributed by atoms with van der Waals surface area (Å²) >= 11 is 0. The van der Waals surface area contributed by atoms with Crippen molar-refractivity contribution in [2.24, 2.45) is 11.8 Å². The van der Waals surface area contributed by atoms with E-state index in [-0.39, 0.29) is 35.7 Å². The van der Waals surface area contributed by atoms with Gasteiger partial charge < -0.3 is 44.0 Å². The van der Waals surface area contributed by atoms with Crippen molar-refractivity contribution in [3.05, 3.63) is 58.4 Å². The van der Waals surface area contributed by atoms with E-state index in [1.54, 1.807) is 0 Å². The molecule has 2 saturated carbocycles. The van der Waals surface area contributed by atoms with Gasteiger partial charge in [0, 0.05) is 75.6 Å². The van der Waals surface area contributed by atoms with Crippen LogP contribution in [0.15, 0.2) is 24.3 Å². The van der Waals surface area contributed by atoms with E-state index in [0.29, 0.717) is 38.1 Å². The molecule has 4 aliphatic heterocycles. The molecule has 2 aromatic carbocycles. The number of ether oxygens (including phenoxy) is 4. The summed E-state index contributed by atoms with van der Waals surface area (Å²) < 4.78 is 23.0. The normalized spacial score (nSPS) is 20.8. The zero-order chi connectivity index (χ0) is 44.6. The van der Waals surface area contributed by atoms with Crippen molar-refractivity contribution in [3.8, 4) is 45.1 Å². The topological polar surface area (TPSA) is 198 Å². The monoisotopic (exact) mass is 875 g/mol. The van der Waals surface area contributed by atoms with Crippen LogP contribution in [-0.4, -0.2) is 93.1 Å². The standard InChI is InChI=1S/C48H58N8O8/c1-23(2)37(53-47(59)61-5)45(57)55-15-7-9-31(55)43-49-39(25-11-12-25)41(51-43)27-17-29-21-64-34-20-28(18-30-22-63-33(19-27)35(29)36(30)34)42-40(26-13-14-26)50-44(52-42)32-10-8-16-56(32)46(58)38(24(3)4)54-48(60)62-6/h17-20,23-26,31-32,37-38H,7-16,21-22H2,1-6H3,(H,49,51)(H,50,52)(H,53,59)(H,54,60)/p+1/t31-,32-,37-,38-/m0/s1. The number of carbonyl (C=O) groups excluding carboxylic acids is 4. The van der Waals surface area contributed by atoms with E-state index in [2.05, 4.69) is 39.6 Å². The first-order valence-electron chi connectivity index (χ1n) is 23.1. The highest BCUT2D eigenvalue weighted by Crippen LogP contribution is 2.53. The summed E-state index contributed by atoms with van der Waals surface area (Å²) in [5, 5.41) is 4.16. The Hall–Kier alpha value is -5.90. The number of imidazole rings is 2. The number of quaternary nitrogens is 1. The number of carbonyl (C=O) groups is 4. The van der Waals surface area contributed by atoms with Gasteiger partial charge in [-0.2, -0.15) is 4.79 Å². The maximum atomic E-state index is 14.0. The Balaban J connectivity index is 0.946. The van der Waals surface area contributed by atoms with Crippen LogP contribution in [-0.2, 0) is 32.3 Å². The number of hydrogen-bond acceptors (Lipinski definition) is 10. The summed E-state index contributed by atoms with van der Waals surface area (Å²) in [7, 11) is 2.64. The predicted molar refractivity (Wildman–Crippen MR) is 234 cm³/mol. The van der Waals surface area contributed by atoms with Crippen LogP contribution in [0.3, 0.4) is 0 Å². The summed E-state index contributed by atoms with van der Waals surface area (Å²) in [4.78, 5) is 74.0. The Morgan fingerprint density at radius 1 is 0.703 bits per heavy atom. The van der Waals surface area contributed by atoms with Crippen molar-refractivity contribution in [2.45, 2.75) is 128 Å². The second-order valence-electron chi connectivity index (χ2n) is 19.1. The first kappa shape index (κ1) is 42.1. The van der Waals surface area contributed by atoms with Crippen molar-refractivity contribution in [1.82, 2.24) is 35.1 Å². The largest absolute Gasteiger partial charge is 0.513 e. The van der Waals surface area contributed by atoms with E-state index in [4.69, 9.17) is 28.9 Å². The van der Waals surface area contributed by atoms with E-state index in [9.17, 15) is 19.2 Å². The molecule has 0 bridgehead atoms. The van der Waals surface area contributed by atoms with Crippen molar-refractivity contribution in [2.75, 3.05) is 27.3 Å². The fourth-order valence-electron chi connectivity index (χ4n) is 10.3. The molecule has 4 atom stereocenters. The van der Waals surface area contributed by atoms with Gasteiger partial charge >= 0.3 is 12.2 Å². The molecule has 16 heteroatoms. The van der Waals surface area contributed by atoms with Crippen LogP contribution in [0.4, 0.5) is 9.59 Å². The average molecular weight is 876 g/mol. The number of aromatic nitrogens is 4. The number of nitrogens with two attached hydrogens (primary N) is 1. The highest BCUT2D eigenvalue weighted by molar-refractivity contribution is 5.89. The van der Waals surface area contributed by atoms with Crippen molar-refractivity contribution < 1.29 is 43.4 Å². The van der Waals surface area contributed by atoms with Gasteiger partial charge in [0.05, 0.1) is 37.7 Å². The van der Waals surface area contributed by atoms with Crippen LogP contribution in [0.2, 0.25) is 0 Å². The Kier molecular flexibility index (Phi) is 10.9. The van der Waals surface area contributed by atoms with Crippen molar-refractivity contribution >= 4 is 24.0 Å². The number of H-pyrrole nitrogens is 2. The SMILES string of the molecule is COC(=O)N[C@H](C(=O)N1CCC[C@H]1c1nc(-c2cc3c4c(c2)OCc2cc(-c5nc([C@@H]6CCCN6C(=O)[C@@H]([NH2+]C(=O)OC)C(C)C)[nH]c5C5CC5)cc(c2-4)OC3)c(C2CC2)[nH]1)C(C)C. The molecule has 2 aromatic heterocycles. The third-order valence-electron chi connectivity index (χ3n) is 14.0. The van der Waals surface area contributed by atoms with Gasteiger partial charge in [0.2, 0.25) is 5.91 Å². The third-order valence-corrected chi connectivity index (χ3v) is 14.0. The lowest BCUT2D eigenvalue weighted by Crippen LogP contribution is -2.96. The number of likely N-dealkylation sites (tertiary alicyclic amines) is 2. The number of alkyl carbamates (subject to hydrolysis) is 1. The molecule has 0 spiro atoms. The van der Waals surface area contributed by atoms with Crippen LogP contribution < -0.4 is 20.1 Å². The van der Waals surface area contributed by atoms with Crippen LogP contribution >= 0.6 is 0 Å². The Morgan fingerprint density at radius 3 is 1.64 bits per heavy atom. The van der Waals surface area contributed by atoms with Crippen molar-refractivity contribution in [3.63, 3.8) is 0 Å². The molecule has 4 aromatic rings. The van der Waals surface area contributed by atoms with Crippen LogP contribution in [0.1, 0.15) is 137 Å². The molecule has 2 aliphatic carbocycles. The van der Waals surface area contributed by atoms with E-state index in [0.717, 1.165) is 131 Å². The number of amides is 4. The minimum atomic E-state index is -0.708. The number of aromatic amines is 2. The Labute approximate surface area is 372 Å². The minimum absolute atomic E-state index is 0.0678. The quantitative estimate of drug-likeness (QED) is 0.118. The molecule has 6 heterocycles. The maximum absolute atomic E-state index is 14.0. The van der Waals surface area contributed by atoms with Gasteiger partial charge in [0.15, 0.2) is 6.04 Å². The minimum Gasteiger partial charge on any atom is -0.488 e. The van der Waals surface area contributed by atoms with E-state index >= 15 is 0 Å². The van der Waals surface area contributed by atoms with Gasteiger partial charge in [-0.15, -0.1) is 0 Å². The summed E-state index contributed by atoms with van der Waals surface area (Å²) in [6.07, 6.45) is 6.43. The molecule has 64 heavy (non-hydrogen) atoms. The number of rotatable bonds is 12. The highest BCUT2D eigenvalue weighted by atomic mass is 16.5. The van der Waals surface area contributed by atoms with Gasteiger partial charge in [-0.3, -0.25) is 9.59 Å². The number of primary amides is 1. The summed E-state index contributed by atoms with van der Waals surface area (Å²) in [5.41, 5.74) is 10.00. The molecule has 338 valence electrons. The van der Waals surface area contributed by atoms with Gasteiger partial charge in [-0.05, 0) is 81.5 Å². The van der Waals surface area contributed by atoms with Gasteiger partial charge in [0.25, 0.3) is 5.91 Å². The molecule has 2 saturated heterocycles. The molecule has 6 aliphatic rings. The molecule has 16 nitrogen and oxygen atoms in total. The lowest BCUT2D eigenvalue weighted by atomic mass is 9.87. The lowest BCUT2D eigenvalue weighted by Gasteiger charge is -2.30. The first-order valence-corrected chi connectivity index (χ1v) is 23.1. The summed E-state index contributed by atoms with van der Waals surface area (Å²) in [6, 6.07) is 6.83. The molecule has 0 radical (unpaired) electrons. The first-order chi connectivity index (χ1) is 30.9. The number of nitrogens with one attached hydrogen (secondary N) is 3. The predicted octanol–water partition coefficient (Wildman–Crippen LogP) is 6.74. The zero-order valence-corrected chi connectivity index (χ0v) is 37.5. The lowest BCUT2D eigenvalue weighted by molar-refractivity contribution is -0.601. The molecular weight excluding hydrogens is 817 g/mol. The average Bonchev–Trinajstić information content (AvgIpc) is 4.07. The van der Waals surface area contributed by atoms with Crippen LogP contribution in [0, 0.1) is 11.8 Å². The van der Waals surface area contributed by atoms with Crippen LogP contribution in [0.5, 0.6) is 11.5 Å². The zero-order valence-electron chi connectivity index (χ0n) is 37.5. The summed E-state index contributed by atoms with van der Waals surface area (Å²) in [5.74, 6) is 3.47. The number of hydrogen-bond donors (Lipinski definition) is 4. The van der Waals surface area contributed by atoms with Crippen molar-refractivity contribution in [1.29, 1.82) is 0 Å². The van der Waals surface area contributed by atoms with Crippen LogP contribution in [0.25, 0.3) is 33.6 Å². The number of nitrogens with zero attached hydrogens (tertiary/aromatic N) is 4. The molecule has 4 amide bonds. The molecule has 5 N–H and O–H groups in total. The van der Waals surface area contributed by atoms with Gasteiger partial charge in [-0.1, -0.05) is 27.7 Å². The molecule has 0 unspecified atom stereocenters. The highest BCUT2D eigenvalue weighted by Gasteiger charge is 2.43. The number of benzene rings is 2. The van der Waals surface area contributed by atoms with E-state index in [1.807, 2.05) is 37.5 Å². The molecule has 4 fully saturated rings. The second kappa shape index (κ2) is 16.6. The molecule has 10 rings (SSSR count). The second-order valence-corrected chi connectivity index (χ2v) is 19.1. The van der Waals surface area contributed by atoms with Gasteiger partial charge in [0.1, 0.15) is 42.4 Å². The maximum Gasteiger partial charge on any atom is 0.513 e. The smallest absolute Gasteiger partial charge is 0.488 e. The van der Waals surface area contributed by atoms with E-state index < -0.39 is 24.3 Å².